The van der Waals surface area contributed by atoms with E-state index in [1.165, 1.54) is 16.8 Å². The lowest BCUT2D eigenvalue weighted by Gasteiger charge is -2.19. The first-order valence-electron chi connectivity index (χ1n) is 8.65. The average molecular weight is 397 g/mol. The number of carboxylic acid groups (broad SMARTS) is 1. The first-order valence-corrected chi connectivity index (χ1v) is 8.65. The Bertz CT molecular complexity index is 795. The van der Waals surface area contributed by atoms with Crippen molar-refractivity contribution in [3.63, 3.8) is 0 Å². The van der Waals surface area contributed by atoms with Crippen molar-refractivity contribution in [1.29, 1.82) is 0 Å². The standard InChI is InChI=1S/C17H21N3O.C2HF3O2/c1-13-16-7-9-20(10-8-17(16)19-12-18-13)11-14-3-5-15(21-2)6-4-14;3-2(4,5)1(6)7/h3-6,12H,7-11H2,1-2H3;(H,6,7). The van der Waals surface area contributed by atoms with Crippen molar-refractivity contribution in [2.45, 2.75) is 32.5 Å². The molecular formula is C19H22F3N3O3. The van der Waals surface area contributed by atoms with Gasteiger partial charge < -0.3 is 9.84 Å². The molecule has 0 bridgehead atoms. The van der Waals surface area contributed by atoms with Crippen molar-refractivity contribution < 1.29 is 27.8 Å². The molecule has 0 saturated carbocycles. The van der Waals surface area contributed by atoms with Gasteiger partial charge in [-0.05, 0) is 36.6 Å². The number of aromatic nitrogens is 2. The lowest BCUT2D eigenvalue weighted by Crippen LogP contribution is -2.25. The van der Waals surface area contributed by atoms with Gasteiger partial charge in [-0.3, -0.25) is 4.90 Å². The van der Waals surface area contributed by atoms with Gasteiger partial charge in [0.15, 0.2) is 0 Å². The Morgan fingerprint density at radius 1 is 1.18 bits per heavy atom. The molecule has 1 aliphatic rings. The summed E-state index contributed by atoms with van der Waals surface area (Å²) in [5.41, 5.74) is 5.02. The van der Waals surface area contributed by atoms with Crippen molar-refractivity contribution in [2.24, 2.45) is 0 Å². The summed E-state index contributed by atoms with van der Waals surface area (Å²) in [5, 5.41) is 7.12. The number of rotatable bonds is 3. The van der Waals surface area contributed by atoms with Gasteiger partial charge in [-0.25, -0.2) is 14.8 Å². The Hall–Kier alpha value is -2.68. The van der Waals surface area contributed by atoms with E-state index in [1.54, 1.807) is 13.4 Å². The van der Waals surface area contributed by atoms with E-state index in [2.05, 4.69) is 33.9 Å². The third kappa shape index (κ3) is 6.19. The predicted molar refractivity (Wildman–Crippen MR) is 96.1 cm³/mol. The predicted octanol–water partition coefficient (Wildman–Crippen LogP) is 3.03. The fraction of sp³-hybridized carbons (Fsp3) is 0.421. The van der Waals surface area contributed by atoms with Gasteiger partial charge in [-0.1, -0.05) is 12.1 Å². The van der Waals surface area contributed by atoms with Crippen LogP contribution in [0.4, 0.5) is 13.2 Å². The smallest absolute Gasteiger partial charge is 0.490 e. The monoisotopic (exact) mass is 397 g/mol. The molecule has 1 N–H and O–H groups in total. The van der Waals surface area contributed by atoms with Crippen molar-refractivity contribution in [1.82, 2.24) is 14.9 Å². The van der Waals surface area contributed by atoms with E-state index in [0.29, 0.717) is 0 Å². The van der Waals surface area contributed by atoms with Gasteiger partial charge in [0, 0.05) is 37.4 Å². The van der Waals surface area contributed by atoms with Gasteiger partial charge in [-0.15, -0.1) is 0 Å². The number of benzene rings is 1. The van der Waals surface area contributed by atoms with Gasteiger partial charge in [-0.2, -0.15) is 13.2 Å². The van der Waals surface area contributed by atoms with Crippen molar-refractivity contribution in [3.8, 4) is 5.75 Å². The van der Waals surface area contributed by atoms with Gasteiger partial charge >= 0.3 is 12.1 Å². The number of aliphatic carboxylic acids is 1. The van der Waals surface area contributed by atoms with Crippen LogP contribution in [-0.4, -0.2) is 52.3 Å². The van der Waals surface area contributed by atoms with E-state index >= 15 is 0 Å². The maximum absolute atomic E-state index is 10.6. The number of alkyl halides is 3. The summed E-state index contributed by atoms with van der Waals surface area (Å²) in [5.74, 6) is -1.85. The number of aryl methyl sites for hydroxylation is 1. The highest BCUT2D eigenvalue weighted by atomic mass is 19.4. The Morgan fingerprint density at radius 3 is 2.36 bits per heavy atom. The zero-order chi connectivity index (χ0) is 20.7. The van der Waals surface area contributed by atoms with E-state index in [1.807, 2.05) is 12.1 Å². The van der Waals surface area contributed by atoms with Crippen LogP contribution in [0.25, 0.3) is 0 Å². The van der Waals surface area contributed by atoms with Gasteiger partial charge in [0.05, 0.1) is 7.11 Å². The lowest BCUT2D eigenvalue weighted by molar-refractivity contribution is -0.192. The molecule has 0 aliphatic carbocycles. The summed E-state index contributed by atoms with van der Waals surface area (Å²) in [6.07, 6.45) is -1.35. The van der Waals surface area contributed by atoms with Crippen LogP contribution in [0.15, 0.2) is 30.6 Å². The topological polar surface area (TPSA) is 75.5 Å². The number of halogens is 3. The second kappa shape index (κ2) is 9.50. The summed E-state index contributed by atoms with van der Waals surface area (Å²) in [6, 6.07) is 8.33. The van der Waals surface area contributed by atoms with Crippen LogP contribution in [-0.2, 0) is 24.2 Å². The summed E-state index contributed by atoms with van der Waals surface area (Å²) in [7, 11) is 1.70. The van der Waals surface area contributed by atoms with E-state index < -0.39 is 12.1 Å². The average Bonchev–Trinajstić information content (AvgIpc) is 2.86. The lowest BCUT2D eigenvalue weighted by atomic mass is 10.1. The molecule has 1 aliphatic heterocycles. The Morgan fingerprint density at radius 2 is 1.79 bits per heavy atom. The van der Waals surface area contributed by atoms with Crippen molar-refractivity contribution >= 4 is 5.97 Å². The minimum Gasteiger partial charge on any atom is -0.497 e. The Labute approximate surface area is 161 Å². The molecule has 1 aromatic heterocycles. The summed E-state index contributed by atoms with van der Waals surface area (Å²) in [6.45, 7) is 5.17. The fourth-order valence-corrected chi connectivity index (χ4v) is 2.88. The number of hydrogen-bond donors (Lipinski definition) is 1. The molecule has 2 heterocycles. The minimum atomic E-state index is -5.08. The molecule has 0 unspecified atom stereocenters. The van der Waals surface area contributed by atoms with Crippen LogP contribution in [0.1, 0.15) is 22.5 Å². The summed E-state index contributed by atoms with van der Waals surface area (Å²) in [4.78, 5) is 20.2. The number of carbonyl (C=O) groups is 1. The maximum Gasteiger partial charge on any atom is 0.490 e. The third-order valence-corrected chi connectivity index (χ3v) is 4.40. The molecule has 0 fully saturated rings. The molecule has 0 amide bonds. The van der Waals surface area contributed by atoms with Gasteiger partial charge in [0.25, 0.3) is 0 Å². The largest absolute Gasteiger partial charge is 0.497 e. The molecule has 0 saturated heterocycles. The van der Waals surface area contributed by atoms with E-state index in [9.17, 15) is 13.2 Å². The minimum absolute atomic E-state index is 0.910. The molecule has 0 spiro atoms. The molecule has 0 atom stereocenters. The number of ether oxygens (including phenoxy) is 1. The Kier molecular flexibility index (Phi) is 7.33. The van der Waals surface area contributed by atoms with Crippen LogP contribution < -0.4 is 4.74 Å². The molecule has 28 heavy (non-hydrogen) atoms. The van der Waals surface area contributed by atoms with Gasteiger partial charge in [0.1, 0.15) is 12.1 Å². The quantitative estimate of drug-likeness (QED) is 0.858. The van der Waals surface area contributed by atoms with Crippen LogP contribution >= 0.6 is 0 Å². The second-order valence-corrected chi connectivity index (χ2v) is 6.31. The molecule has 6 nitrogen and oxygen atoms in total. The van der Waals surface area contributed by atoms with E-state index in [0.717, 1.165) is 43.9 Å². The van der Waals surface area contributed by atoms with Crippen LogP contribution in [0, 0.1) is 6.92 Å². The SMILES string of the molecule is COc1ccc(CN2CCc3ncnc(C)c3CC2)cc1.O=C(O)C(F)(F)F. The molecule has 9 heteroatoms. The molecular weight excluding hydrogens is 375 g/mol. The fourth-order valence-electron chi connectivity index (χ4n) is 2.88. The first-order chi connectivity index (χ1) is 13.2. The Balaban J connectivity index is 0.000000345. The number of nitrogens with zero attached hydrogens (tertiary/aromatic N) is 3. The second-order valence-electron chi connectivity index (χ2n) is 6.31. The summed E-state index contributed by atoms with van der Waals surface area (Å²) < 4.78 is 36.9. The van der Waals surface area contributed by atoms with Crippen LogP contribution in [0.2, 0.25) is 0 Å². The first kappa shape index (κ1) is 21.6. The third-order valence-electron chi connectivity index (χ3n) is 4.40. The highest BCUT2D eigenvalue weighted by molar-refractivity contribution is 5.73. The van der Waals surface area contributed by atoms with E-state index in [4.69, 9.17) is 14.6 Å². The summed E-state index contributed by atoms with van der Waals surface area (Å²) >= 11 is 0. The number of hydrogen-bond acceptors (Lipinski definition) is 5. The van der Waals surface area contributed by atoms with Crippen molar-refractivity contribution in [3.05, 3.63) is 53.1 Å². The van der Waals surface area contributed by atoms with Gasteiger partial charge in [0.2, 0.25) is 0 Å². The number of carboxylic acids is 1. The zero-order valence-electron chi connectivity index (χ0n) is 15.7. The van der Waals surface area contributed by atoms with E-state index in [-0.39, 0.29) is 0 Å². The molecule has 2 aromatic rings. The van der Waals surface area contributed by atoms with Crippen LogP contribution in [0.5, 0.6) is 5.75 Å². The molecule has 0 radical (unpaired) electrons. The molecule has 3 rings (SSSR count). The zero-order valence-corrected chi connectivity index (χ0v) is 15.7. The molecule has 1 aromatic carbocycles. The number of fused-ring (bicyclic) bond motifs is 1. The number of methoxy groups -OCH3 is 1. The highest BCUT2D eigenvalue weighted by Gasteiger charge is 2.38. The van der Waals surface area contributed by atoms with Crippen LogP contribution in [0.3, 0.4) is 0 Å². The van der Waals surface area contributed by atoms with Crippen molar-refractivity contribution in [2.75, 3.05) is 20.2 Å². The molecule has 152 valence electrons. The highest BCUT2D eigenvalue weighted by Crippen LogP contribution is 2.18. The maximum atomic E-state index is 10.6. The normalized spacial score (nSPS) is 14.3.